The van der Waals surface area contributed by atoms with E-state index in [4.69, 9.17) is 16.3 Å². The first-order valence-electron chi connectivity index (χ1n) is 13.6. The van der Waals surface area contributed by atoms with Crippen molar-refractivity contribution in [2.24, 2.45) is 5.73 Å². The molecule has 3 aromatic rings. The summed E-state index contributed by atoms with van der Waals surface area (Å²) in [4.78, 5) is 15.1. The zero-order valence-electron chi connectivity index (χ0n) is 24.9. The van der Waals surface area contributed by atoms with E-state index < -0.39 is 0 Å². The average molecular weight is 557 g/mol. The topological polar surface area (TPSA) is 83.4 Å². The van der Waals surface area contributed by atoms with E-state index in [2.05, 4.69) is 92.5 Å². The molecular formula is C32H49ClN4O2. The first-order valence-corrected chi connectivity index (χ1v) is 14.0. The summed E-state index contributed by atoms with van der Waals surface area (Å²) in [7, 11) is 3.19. The fourth-order valence-corrected chi connectivity index (χ4v) is 3.50. The molecule has 0 atom stereocenters. The van der Waals surface area contributed by atoms with Crippen LogP contribution in [0.15, 0.2) is 72.2 Å². The van der Waals surface area contributed by atoms with E-state index in [0.717, 1.165) is 36.8 Å². The van der Waals surface area contributed by atoms with Crippen molar-refractivity contribution in [3.63, 3.8) is 0 Å². The summed E-state index contributed by atoms with van der Waals surface area (Å²) in [6, 6.07) is 17.7. The van der Waals surface area contributed by atoms with E-state index in [-0.39, 0.29) is 5.56 Å². The number of H-pyrrole nitrogens is 1. The minimum atomic E-state index is -0.130. The van der Waals surface area contributed by atoms with E-state index in [0.29, 0.717) is 5.02 Å². The molecule has 1 heterocycles. The molecule has 0 spiro atoms. The van der Waals surface area contributed by atoms with Crippen LogP contribution in [0, 0.1) is 6.92 Å². The molecule has 1 aromatic heterocycles. The Morgan fingerprint density at radius 3 is 2.15 bits per heavy atom. The summed E-state index contributed by atoms with van der Waals surface area (Å²) >= 11 is 5.44. The Hall–Kier alpha value is -3.22. The van der Waals surface area contributed by atoms with Crippen LogP contribution in [-0.2, 0) is 6.54 Å². The molecule has 0 aliphatic heterocycles. The largest absolute Gasteiger partial charge is 0.497 e. The van der Waals surface area contributed by atoms with Gasteiger partial charge in [0.1, 0.15) is 5.75 Å². The predicted octanol–water partition coefficient (Wildman–Crippen LogP) is 7.73. The Balaban J connectivity index is 0.000000919. The van der Waals surface area contributed by atoms with E-state index >= 15 is 0 Å². The number of aromatic amines is 1. The molecule has 0 aliphatic rings. The number of hydrogen-bond donors (Lipinski definition) is 3. The molecule has 216 valence electrons. The third kappa shape index (κ3) is 14.5. The number of unbranched alkanes of at least 4 members (excludes halogenated alkanes) is 1. The van der Waals surface area contributed by atoms with Gasteiger partial charge >= 0.3 is 0 Å². The summed E-state index contributed by atoms with van der Waals surface area (Å²) in [6.07, 6.45) is 5.11. The molecule has 0 fully saturated rings. The van der Waals surface area contributed by atoms with Crippen molar-refractivity contribution in [1.29, 1.82) is 0 Å². The number of anilines is 1. The second kappa shape index (κ2) is 21.7. The van der Waals surface area contributed by atoms with Gasteiger partial charge in [-0.1, -0.05) is 76.1 Å². The maximum atomic E-state index is 10.3. The fourth-order valence-electron chi connectivity index (χ4n) is 3.38. The number of nitrogens with two attached hydrogens (primary N) is 1. The van der Waals surface area contributed by atoms with Crippen LogP contribution in [0.25, 0.3) is 5.70 Å². The van der Waals surface area contributed by atoms with Crippen molar-refractivity contribution in [2.45, 2.75) is 60.4 Å². The summed E-state index contributed by atoms with van der Waals surface area (Å²) in [6.45, 7) is 17.9. The molecule has 3 rings (SSSR count). The lowest BCUT2D eigenvalue weighted by Crippen LogP contribution is -2.22. The molecule has 6 nitrogen and oxygen atoms in total. The lowest BCUT2D eigenvalue weighted by atomic mass is 10.1. The van der Waals surface area contributed by atoms with Crippen molar-refractivity contribution in [2.75, 3.05) is 32.6 Å². The molecule has 7 heteroatoms. The number of pyridine rings is 1. The first kappa shape index (κ1) is 35.8. The molecule has 4 N–H and O–H groups in total. The summed E-state index contributed by atoms with van der Waals surface area (Å²) in [5, 5.41) is 4.05. The van der Waals surface area contributed by atoms with Crippen molar-refractivity contribution in [3.05, 3.63) is 99.4 Å². The normalized spacial score (nSPS) is 9.46. The van der Waals surface area contributed by atoms with Crippen molar-refractivity contribution in [1.82, 2.24) is 9.88 Å². The fraction of sp³-hybridized carbons (Fsp3) is 0.406. The Morgan fingerprint density at radius 2 is 1.69 bits per heavy atom. The van der Waals surface area contributed by atoms with E-state index in [9.17, 15) is 4.79 Å². The minimum Gasteiger partial charge on any atom is -0.497 e. The molecule has 0 unspecified atom stereocenters. The van der Waals surface area contributed by atoms with Gasteiger partial charge in [-0.25, -0.2) is 0 Å². The van der Waals surface area contributed by atoms with Gasteiger partial charge in [0.05, 0.1) is 12.1 Å². The summed E-state index contributed by atoms with van der Waals surface area (Å²) in [5.74, 6) is 0.888. The van der Waals surface area contributed by atoms with Crippen LogP contribution < -0.4 is 21.3 Å². The van der Waals surface area contributed by atoms with Gasteiger partial charge in [-0.15, -0.1) is 0 Å². The van der Waals surface area contributed by atoms with Gasteiger partial charge in [0.2, 0.25) is 5.56 Å². The Bertz CT molecular complexity index is 1090. The highest BCUT2D eigenvalue weighted by Gasteiger charge is 2.07. The highest BCUT2D eigenvalue weighted by atomic mass is 35.5. The quantitative estimate of drug-likeness (QED) is 0.238. The number of aromatic nitrogens is 1. The monoisotopic (exact) mass is 556 g/mol. The predicted molar refractivity (Wildman–Crippen MR) is 171 cm³/mol. The zero-order valence-corrected chi connectivity index (χ0v) is 25.7. The van der Waals surface area contributed by atoms with Crippen molar-refractivity contribution in [3.8, 4) is 5.75 Å². The van der Waals surface area contributed by atoms with Gasteiger partial charge in [-0.2, -0.15) is 0 Å². The molecule has 2 aromatic carbocycles. The molecule has 0 amide bonds. The maximum Gasteiger partial charge on any atom is 0.247 e. The van der Waals surface area contributed by atoms with Crippen LogP contribution in [0.3, 0.4) is 0 Å². The Labute approximate surface area is 241 Å². The number of hydrogen-bond acceptors (Lipinski definition) is 5. The molecule has 0 radical (unpaired) electrons. The van der Waals surface area contributed by atoms with Gasteiger partial charge in [0.25, 0.3) is 0 Å². The average Bonchev–Trinajstić information content (AvgIpc) is 2.96. The Kier molecular flexibility index (Phi) is 19.9. The zero-order chi connectivity index (χ0) is 29.6. The lowest BCUT2D eigenvalue weighted by Gasteiger charge is -2.25. The molecule has 0 aliphatic carbocycles. The molecule has 39 heavy (non-hydrogen) atoms. The van der Waals surface area contributed by atoms with Crippen LogP contribution in [-0.4, -0.2) is 37.1 Å². The van der Waals surface area contributed by atoms with E-state index in [1.807, 2.05) is 12.1 Å². The third-order valence-electron chi connectivity index (χ3n) is 5.49. The summed E-state index contributed by atoms with van der Waals surface area (Å²) < 4.78 is 5.26. The second-order valence-electron chi connectivity index (χ2n) is 8.69. The maximum absolute atomic E-state index is 10.3. The van der Waals surface area contributed by atoms with E-state index in [1.165, 1.54) is 55.3 Å². The molecule has 0 saturated carbocycles. The number of nitrogens with one attached hydrogen (secondary N) is 2. The van der Waals surface area contributed by atoms with Crippen LogP contribution in [0.5, 0.6) is 5.75 Å². The van der Waals surface area contributed by atoms with Crippen LogP contribution in [0.1, 0.15) is 63.6 Å². The number of benzene rings is 2. The Morgan fingerprint density at radius 1 is 1.05 bits per heavy atom. The van der Waals surface area contributed by atoms with Gasteiger partial charge in [-0.3, -0.25) is 4.79 Å². The number of aryl methyl sites for hydroxylation is 1. The first-order chi connectivity index (χ1) is 18.8. The number of nitrogens with zero attached hydrogens (tertiary/aromatic N) is 1. The van der Waals surface area contributed by atoms with Crippen LogP contribution in [0.4, 0.5) is 5.69 Å². The van der Waals surface area contributed by atoms with Crippen LogP contribution >= 0.6 is 11.6 Å². The second-order valence-corrected chi connectivity index (χ2v) is 9.13. The standard InChI is InChI=1S/C23H32N2O.C5H4ClNO.C3H8.CH5N/c1-6-8-15-25(7-2)19(4)21-11-9-20(10-12-21)17-24-23-14-13-22(26-5)16-18(23)3;6-4-1-2-5(8)7-3-4;1-3-2;1-2/h9-14,16,24H,4,6-8,15,17H2,1-3,5H3;1-3H,(H,7,8);3H2,1-2H3;2H2,1H3. The number of rotatable bonds is 10. The lowest BCUT2D eigenvalue weighted by molar-refractivity contribution is 0.408. The van der Waals surface area contributed by atoms with Gasteiger partial charge < -0.3 is 25.7 Å². The SMILES string of the molecule is C=C(c1ccc(CNc2ccc(OC)cc2C)cc1)N(CC)CCCC.CCC.CN.O=c1ccc(Cl)c[nH]1. The number of ether oxygens (including phenoxy) is 1. The number of halogens is 1. The third-order valence-corrected chi connectivity index (χ3v) is 5.73. The van der Waals surface area contributed by atoms with Gasteiger partial charge in [0, 0.05) is 43.3 Å². The molecule has 0 saturated heterocycles. The highest BCUT2D eigenvalue weighted by Crippen LogP contribution is 2.22. The van der Waals surface area contributed by atoms with Gasteiger partial charge in [-0.05, 0) is 68.3 Å². The molecule has 0 bridgehead atoms. The highest BCUT2D eigenvalue weighted by molar-refractivity contribution is 6.30. The van der Waals surface area contributed by atoms with Gasteiger partial charge in [0.15, 0.2) is 0 Å². The molecular weight excluding hydrogens is 508 g/mol. The van der Waals surface area contributed by atoms with Crippen LogP contribution in [0.2, 0.25) is 5.02 Å². The minimum absolute atomic E-state index is 0.130. The number of methoxy groups -OCH3 is 1. The van der Waals surface area contributed by atoms with Crippen molar-refractivity contribution < 1.29 is 4.74 Å². The smallest absolute Gasteiger partial charge is 0.247 e. The van der Waals surface area contributed by atoms with Crippen molar-refractivity contribution >= 4 is 23.0 Å². The summed E-state index contributed by atoms with van der Waals surface area (Å²) in [5.41, 5.74) is 10.3. The van der Waals surface area contributed by atoms with E-state index in [1.54, 1.807) is 13.2 Å².